The van der Waals surface area contributed by atoms with Crippen LogP contribution in [0.15, 0.2) is 65.5 Å². The fourth-order valence-corrected chi connectivity index (χ4v) is 4.90. The van der Waals surface area contributed by atoms with Crippen molar-refractivity contribution in [3.63, 3.8) is 0 Å². The van der Waals surface area contributed by atoms with Crippen LogP contribution in [0.4, 0.5) is 0 Å². The quantitative estimate of drug-likeness (QED) is 0.338. The normalized spacial score (nSPS) is 12.0. The van der Waals surface area contributed by atoms with Crippen LogP contribution in [-0.4, -0.2) is 16.5 Å². The molecule has 0 bridgehead atoms. The van der Waals surface area contributed by atoms with Crippen LogP contribution < -0.4 is 19.6 Å². The second-order valence-corrected chi connectivity index (χ2v) is 8.92. The van der Waals surface area contributed by atoms with Gasteiger partial charge in [0.25, 0.3) is 5.56 Å². The van der Waals surface area contributed by atoms with E-state index in [2.05, 4.69) is 4.98 Å². The Labute approximate surface area is 197 Å². The molecule has 0 amide bonds. The number of methoxy groups -OCH3 is 1. The minimum absolute atomic E-state index is 0.0927. The third-order valence-electron chi connectivity index (χ3n) is 5.03. The predicted molar refractivity (Wildman–Crippen MR) is 129 cm³/mol. The zero-order valence-corrected chi connectivity index (χ0v) is 19.2. The average molecular weight is 483 g/mol. The van der Waals surface area contributed by atoms with E-state index in [-0.39, 0.29) is 12.2 Å². The highest BCUT2D eigenvalue weighted by molar-refractivity contribution is 7.15. The van der Waals surface area contributed by atoms with E-state index in [1.807, 2.05) is 54.6 Å². The number of ether oxygens (including phenoxy) is 2. The Hall–Kier alpha value is -3.06. The Morgan fingerprint density at radius 1 is 1.06 bits per heavy atom. The molecule has 2 heterocycles. The Morgan fingerprint density at radius 3 is 2.72 bits per heavy atom. The zero-order chi connectivity index (χ0) is 22.2. The first kappa shape index (κ1) is 20.8. The monoisotopic (exact) mass is 482 g/mol. The van der Waals surface area contributed by atoms with Gasteiger partial charge in [-0.15, -0.1) is 0 Å². The highest BCUT2D eigenvalue weighted by atomic mass is 35.5. The molecule has 0 spiro atoms. The van der Waals surface area contributed by atoms with Crippen molar-refractivity contribution >= 4 is 56.6 Å². The number of benzene rings is 3. The van der Waals surface area contributed by atoms with Crippen molar-refractivity contribution in [2.45, 2.75) is 6.61 Å². The molecule has 5 rings (SSSR count). The van der Waals surface area contributed by atoms with Gasteiger partial charge in [0.2, 0.25) is 0 Å². The summed E-state index contributed by atoms with van der Waals surface area (Å²) in [5, 5.41) is 1.10. The highest BCUT2D eigenvalue weighted by Gasteiger charge is 2.12. The van der Waals surface area contributed by atoms with Crippen LogP contribution >= 0.6 is 34.5 Å². The largest absolute Gasteiger partial charge is 0.493 e. The Bertz CT molecular complexity index is 1580. The minimum atomic E-state index is -0.0927. The number of nitrogens with zero attached hydrogens (tertiary/aromatic N) is 2. The number of fused-ring (bicyclic) bond motifs is 3. The van der Waals surface area contributed by atoms with E-state index >= 15 is 0 Å². The second kappa shape index (κ2) is 8.47. The number of hydrogen-bond acceptors (Lipinski definition) is 5. The van der Waals surface area contributed by atoms with E-state index in [4.69, 9.17) is 32.7 Å². The van der Waals surface area contributed by atoms with Crippen molar-refractivity contribution in [2.24, 2.45) is 0 Å². The van der Waals surface area contributed by atoms with Crippen molar-refractivity contribution in [3.8, 4) is 11.5 Å². The standard InChI is InChI=1S/C24H16Cl2N2O3S/c1-30-20-9-6-14(10-21(20)31-13-15-7-8-16(25)12-17(15)26)11-22-23(29)28-19-5-3-2-4-18(19)27-24(28)32-22/h2-12H,13H2,1H3/b22-11-. The van der Waals surface area contributed by atoms with Crippen LogP contribution in [0.3, 0.4) is 0 Å². The average Bonchev–Trinajstić information content (AvgIpc) is 3.29. The first-order chi connectivity index (χ1) is 15.5. The van der Waals surface area contributed by atoms with Crippen LogP contribution in [-0.2, 0) is 6.61 Å². The lowest BCUT2D eigenvalue weighted by Gasteiger charge is -2.12. The molecule has 0 atom stereocenters. The number of rotatable bonds is 5. The summed E-state index contributed by atoms with van der Waals surface area (Å²) in [5.74, 6) is 1.13. The third-order valence-corrected chi connectivity index (χ3v) is 6.58. The highest BCUT2D eigenvalue weighted by Crippen LogP contribution is 2.30. The predicted octanol–water partition coefficient (Wildman–Crippen LogP) is 5.35. The molecule has 0 saturated heterocycles. The summed E-state index contributed by atoms with van der Waals surface area (Å²) in [7, 11) is 1.58. The summed E-state index contributed by atoms with van der Waals surface area (Å²) >= 11 is 13.6. The van der Waals surface area contributed by atoms with Gasteiger partial charge in [0, 0.05) is 15.6 Å². The summed E-state index contributed by atoms with van der Waals surface area (Å²) < 4.78 is 13.7. The number of para-hydroxylation sites is 2. The molecule has 3 aromatic carbocycles. The fraction of sp³-hybridized carbons (Fsp3) is 0.0833. The number of thiazole rings is 1. The Kier molecular flexibility index (Phi) is 5.51. The van der Waals surface area contributed by atoms with Gasteiger partial charge in [-0.1, -0.05) is 58.8 Å². The minimum Gasteiger partial charge on any atom is -0.493 e. The van der Waals surface area contributed by atoms with Crippen LogP contribution in [0.25, 0.3) is 22.1 Å². The summed E-state index contributed by atoms with van der Waals surface area (Å²) in [6.45, 7) is 0.251. The molecule has 0 N–H and O–H groups in total. The first-order valence-corrected chi connectivity index (χ1v) is 11.3. The first-order valence-electron chi connectivity index (χ1n) is 9.70. The number of aromatic nitrogens is 2. The van der Waals surface area contributed by atoms with E-state index in [0.717, 1.165) is 22.2 Å². The zero-order valence-electron chi connectivity index (χ0n) is 16.8. The summed E-state index contributed by atoms with van der Waals surface area (Å²) in [6.07, 6.45) is 1.83. The van der Waals surface area contributed by atoms with Gasteiger partial charge in [-0.25, -0.2) is 9.38 Å². The summed E-state index contributed by atoms with van der Waals surface area (Å²) in [6, 6.07) is 18.4. The van der Waals surface area contributed by atoms with Gasteiger partial charge >= 0.3 is 0 Å². The van der Waals surface area contributed by atoms with Crippen molar-refractivity contribution in [3.05, 3.63) is 96.7 Å². The van der Waals surface area contributed by atoms with Crippen LogP contribution in [0, 0.1) is 0 Å². The van der Waals surface area contributed by atoms with Crippen LogP contribution in [0.2, 0.25) is 10.0 Å². The summed E-state index contributed by atoms with van der Waals surface area (Å²) in [5.41, 5.74) is 3.14. The third kappa shape index (κ3) is 3.81. The molecule has 0 unspecified atom stereocenters. The van der Waals surface area contributed by atoms with Gasteiger partial charge in [0.05, 0.1) is 22.7 Å². The maximum Gasteiger partial charge on any atom is 0.274 e. The lowest BCUT2D eigenvalue weighted by molar-refractivity contribution is 0.284. The molecule has 0 aliphatic rings. The molecule has 8 heteroatoms. The van der Waals surface area contributed by atoms with E-state index in [0.29, 0.717) is 31.0 Å². The fourth-order valence-electron chi connectivity index (χ4n) is 3.45. The maximum absolute atomic E-state index is 13.0. The van der Waals surface area contributed by atoms with Gasteiger partial charge in [-0.2, -0.15) is 0 Å². The molecular weight excluding hydrogens is 467 g/mol. The molecule has 0 fully saturated rings. The molecule has 0 radical (unpaired) electrons. The summed E-state index contributed by atoms with van der Waals surface area (Å²) in [4.78, 5) is 18.2. The van der Waals surface area contributed by atoms with Crippen LogP contribution in [0.1, 0.15) is 11.1 Å². The molecular formula is C24H16Cl2N2O3S. The van der Waals surface area contributed by atoms with Gasteiger partial charge in [0.15, 0.2) is 16.5 Å². The SMILES string of the molecule is COc1ccc(/C=c2\sc3nc4ccccc4n3c2=O)cc1OCc1ccc(Cl)cc1Cl. The smallest absolute Gasteiger partial charge is 0.274 e. The molecule has 0 saturated carbocycles. The maximum atomic E-state index is 13.0. The second-order valence-electron chi connectivity index (χ2n) is 7.07. The van der Waals surface area contributed by atoms with Crippen molar-refractivity contribution in [1.29, 1.82) is 0 Å². The van der Waals surface area contributed by atoms with E-state index in [9.17, 15) is 4.79 Å². The van der Waals surface area contributed by atoms with Crippen molar-refractivity contribution in [2.75, 3.05) is 7.11 Å². The number of halogens is 2. The van der Waals surface area contributed by atoms with E-state index in [1.54, 1.807) is 23.6 Å². The molecule has 0 aliphatic heterocycles. The molecule has 2 aromatic heterocycles. The Morgan fingerprint density at radius 2 is 1.91 bits per heavy atom. The van der Waals surface area contributed by atoms with Crippen molar-refractivity contribution < 1.29 is 9.47 Å². The Balaban J connectivity index is 1.51. The molecule has 5 aromatic rings. The van der Waals surface area contributed by atoms with Gasteiger partial charge in [0.1, 0.15) is 6.61 Å². The molecule has 160 valence electrons. The molecule has 0 aliphatic carbocycles. The van der Waals surface area contributed by atoms with Gasteiger partial charge in [-0.05, 0) is 48.0 Å². The lowest BCUT2D eigenvalue weighted by atomic mass is 10.2. The lowest BCUT2D eigenvalue weighted by Crippen LogP contribution is -2.22. The molecule has 32 heavy (non-hydrogen) atoms. The van der Waals surface area contributed by atoms with Gasteiger partial charge in [-0.3, -0.25) is 4.79 Å². The van der Waals surface area contributed by atoms with Crippen molar-refractivity contribution in [1.82, 2.24) is 9.38 Å². The number of hydrogen-bond donors (Lipinski definition) is 0. The van der Waals surface area contributed by atoms with E-state index < -0.39 is 0 Å². The van der Waals surface area contributed by atoms with Gasteiger partial charge < -0.3 is 9.47 Å². The van der Waals surface area contributed by atoms with E-state index in [1.165, 1.54) is 11.3 Å². The topological polar surface area (TPSA) is 52.8 Å². The number of imidazole rings is 1. The van der Waals surface area contributed by atoms with Crippen LogP contribution in [0.5, 0.6) is 11.5 Å². The molecule has 5 nitrogen and oxygen atoms in total.